The molecule has 70 valence electrons. The van der Waals surface area contributed by atoms with Gasteiger partial charge in [-0.3, -0.25) is 0 Å². The monoisotopic (exact) mass is 205 g/mol. The van der Waals surface area contributed by atoms with Gasteiger partial charge in [-0.05, 0) is 12.1 Å². The molecule has 14 heavy (non-hydrogen) atoms. The van der Waals surface area contributed by atoms with Crippen molar-refractivity contribution in [3.63, 3.8) is 0 Å². The van der Waals surface area contributed by atoms with Crippen LogP contribution in [0, 0.1) is 0 Å². The first-order chi connectivity index (χ1) is 6.68. The summed E-state index contributed by atoms with van der Waals surface area (Å²) >= 11 is 4.21. The van der Waals surface area contributed by atoms with Crippen LogP contribution in [0.25, 0.3) is 10.9 Å². The third-order valence-corrected chi connectivity index (χ3v) is 2.28. The number of thiol groups is 1. The number of fused-ring (bicyclic) bond motifs is 1. The molecule has 2 aromatic rings. The number of nitrogens with zero attached hydrogens (tertiary/aromatic N) is 1. The van der Waals surface area contributed by atoms with Gasteiger partial charge in [-0.1, -0.05) is 18.2 Å². The van der Waals surface area contributed by atoms with Crippen molar-refractivity contribution in [2.45, 2.75) is 4.90 Å². The first-order valence-electron chi connectivity index (χ1n) is 4.00. The van der Waals surface area contributed by atoms with E-state index < -0.39 is 5.97 Å². The van der Waals surface area contributed by atoms with Crippen LogP contribution in [0.3, 0.4) is 0 Å². The summed E-state index contributed by atoms with van der Waals surface area (Å²) in [5.41, 5.74) is 0.662. The van der Waals surface area contributed by atoms with E-state index in [9.17, 15) is 4.79 Å². The van der Waals surface area contributed by atoms with E-state index in [1.54, 1.807) is 12.1 Å². The highest BCUT2D eigenvalue weighted by Crippen LogP contribution is 2.19. The molecule has 0 saturated heterocycles. The summed E-state index contributed by atoms with van der Waals surface area (Å²) in [6.07, 6.45) is 0. The zero-order chi connectivity index (χ0) is 10.1. The SMILES string of the molecule is O=C(O)c1ccc2cccc(S)c2n1. The fraction of sp³-hybridized carbons (Fsp3) is 0. The molecule has 0 bridgehead atoms. The lowest BCUT2D eigenvalue weighted by molar-refractivity contribution is 0.0691. The third-order valence-electron chi connectivity index (χ3n) is 1.92. The predicted octanol–water partition coefficient (Wildman–Crippen LogP) is 2.22. The van der Waals surface area contributed by atoms with E-state index in [0.717, 1.165) is 5.39 Å². The molecule has 1 aromatic carbocycles. The highest BCUT2D eigenvalue weighted by atomic mass is 32.1. The predicted molar refractivity (Wildman–Crippen MR) is 56.0 cm³/mol. The smallest absolute Gasteiger partial charge is 0.354 e. The lowest BCUT2D eigenvalue weighted by atomic mass is 10.2. The van der Waals surface area contributed by atoms with Gasteiger partial charge in [-0.2, -0.15) is 0 Å². The molecule has 0 radical (unpaired) electrons. The quantitative estimate of drug-likeness (QED) is 0.702. The van der Waals surface area contributed by atoms with Crippen molar-refractivity contribution in [1.29, 1.82) is 0 Å². The largest absolute Gasteiger partial charge is 0.477 e. The number of hydrogen-bond acceptors (Lipinski definition) is 3. The van der Waals surface area contributed by atoms with E-state index in [2.05, 4.69) is 17.6 Å². The minimum absolute atomic E-state index is 0.0407. The van der Waals surface area contributed by atoms with Gasteiger partial charge in [0.2, 0.25) is 0 Å². The number of pyridine rings is 1. The number of aromatic carboxylic acids is 1. The normalized spacial score (nSPS) is 10.4. The van der Waals surface area contributed by atoms with Gasteiger partial charge < -0.3 is 5.11 Å². The molecule has 2 rings (SSSR count). The molecular formula is C10H7NO2S. The van der Waals surface area contributed by atoms with Crippen LogP contribution in [-0.2, 0) is 0 Å². The summed E-state index contributed by atoms with van der Waals surface area (Å²) in [5.74, 6) is -1.02. The van der Waals surface area contributed by atoms with Gasteiger partial charge in [-0.15, -0.1) is 12.6 Å². The number of aromatic nitrogens is 1. The topological polar surface area (TPSA) is 50.2 Å². The molecule has 1 heterocycles. The van der Waals surface area contributed by atoms with Crippen LogP contribution >= 0.6 is 12.6 Å². The zero-order valence-electron chi connectivity index (χ0n) is 7.14. The fourth-order valence-corrected chi connectivity index (χ4v) is 1.52. The molecule has 1 aromatic heterocycles. The molecule has 4 heteroatoms. The number of hydrogen-bond donors (Lipinski definition) is 2. The Bertz CT molecular complexity index is 510. The molecule has 0 saturated carbocycles. The fourth-order valence-electron chi connectivity index (χ4n) is 1.25. The highest BCUT2D eigenvalue weighted by Gasteiger charge is 2.06. The number of carboxylic acids is 1. The Morgan fingerprint density at radius 3 is 2.79 bits per heavy atom. The number of carboxylic acid groups (broad SMARTS) is 1. The Balaban J connectivity index is 2.76. The van der Waals surface area contributed by atoms with E-state index in [1.165, 1.54) is 6.07 Å². The minimum atomic E-state index is -1.02. The maximum atomic E-state index is 10.7. The second kappa shape index (κ2) is 3.31. The Labute approximate surface area is 85.8 Å². The van der Waals surface area contributed by atoms with Crippen LogP contribution in [0.15, 0.2) is 35.2 Å². The van der Waals surface area contributed by atoms with Crippen molar-refractivity contribution in [2.75, 3.05) is 0 Å². The first-order valence-corrected chi connectivity index (χ1v) is 4.45. The summed E-state index contributed by atoms with van der Waals surface area (Å²) in [6, 6.07) is 8.72. The van der Waals surface area contributed by atoms with Gasteiger partial charge in [0.15, 0.2) is 0 Å². The van der Waals surface area contributed by atoms with Crippen molar-refractivity contribution >= 4 is 29.5 Å². The van der Waals surface area contributed by atoms with Crippen LogP contribution < -0.4 is 0 Å². The lowest BCUT2D eigenvalue weighted by Gasteiger charge is -2.00. The summed E-state index contributed by atoms with van der Waals surface area (Å²) in [6.45, 7) is 0. The van der Waals surface area contributed by atoms with E-state index in [-0.39, 0.29) is 5.69 Å². The average molecular weight is 205 g/mol. The minimum Gasteiger partial charge on any atom is -0.477 e. The molecule has 0 spiro atoms. The van der Waals surface area contributed by atoms with Crippen molar-refractivity contribution in [1.82, 2.24) is 4.98 Å². The van der Waals surface area contributed by atoms with E-state index in [0.29, 0.717) is 10.4 Å². The number of benzene rings is 1. The Kier molecular flexibility index (Phi) is 2.13. The summed E-state index contributed by atoms with van der Waals surface area (Å²) in [7, 11) is 0. The molecule has 0 atom stereocenters. The molecule has 0 aliphatic carbocycles. The first kappa shape index (κ1) is 9.02. The summed E-state index contributed by atoms with van der Waals surface area (Å²) in [4.78, 5) is 15.4. The van der Waals surface area contributed by atoms with Gasteiger partial charge in [-0.25, -0.2) is 9.78 Å². The van der Waals surface area contributed by atoms with Gasteiger partial charge >= 0.3 is 5.97 Å². The molecule has 0 aliphatic rings. The van der Waals surface area contributed by atoms with Crippen LogP contribution in [0.1, 0.15) is 10.5 Å². The lowest BCUT2D eigenvalue weighted by Crippen LogP contribution is -1.99. The van der Waals surface area contributed by atoms with Crippen LogP contribution in [-0.4, -0.2) is 16.1 Å². The second-order valence-corrected chi connectivity index (χ2v) is 3.33. The van der Waals surface area contributed by atoms with Gasteiger partial charge in [0.25, 0.3) is 0 Å². The van der Waals surface area contributed by atoms with Crippen molar-refractivity contribution < 1.29 is 9.90 Å². The standard InChI is InChI=1S/C10H7NO2S/c12-10(13)7-5-4-6-2-1-3-8(14)9(6)11-7/h1-5,14H,(H,12,13). The van der Waals surface area contributed by atoms with Crippen LogP contribution in [0.4, 0.5) is 0 Å². The maximum Gasteiger partial charge on any atom is 0.354 e. The zero-order valence-corrected chi connectivity index (χ0v) is 8.03. The second-order valence-electron chi connectivity index (χ2n) is 2.85. The van der Waals surface area contributed by atoms with Crippen molar-refractivity contribution in [3.05, 3.63) is 36.0 Å². The summed E-state index contributed by atoms with van der Waals surface area (Å²) < 4.78 is 0. The van der Waals surface area contributed by atoms with Gasteiger partial charge in [0, 0.05) is 10.3 Å². The molecule has 0 fully saturated rings. The highest BCUT2D eigenvalue weighted by molar-refractivity contribution is 7.80. The van der Waals surface area contributed by atoms with Crippen LogP contribution in [0.5, 0.6) is 0 Å². The molecule has 3 nitrogen and oxygen atoms in total. The third kappa shape index (κ3) is 1.44. The molecular weight excluding hydrogens is 198 g/mol. The van der Waals surface area contributed by atoms with Gasteiger partial charge in [0.1, 0.15) is 5.69 Å². The molecule has 1 N–H and O–H groups in total. The van der Waals surface area contributed by atoms with Crippen LogP contribution in [0.2, 0.25) is 0 Å². The van der Waals surface area contributed by atoms with E-state index in [1.807, 2.05) is 12.1 Å². The maximum absolute atomic E-state index is 10.7. The molecule has 0 unspecified atom stereocenters. The number of carbonyl (C=O) groups is 1. The van der Waals surface area contributed by atoms with E-state index >= 15 is 0 Å². The summed E-state index contributed by atoms with van der Waals surface area (Å²) in [5, 5.41) is 9.64. The molecule has 0 aliphatic heterocycles. The van der Waals surface area contributed by atoms with Gasteiger partial charge in [0.05, 0.1) is 5.52 Å². The Morgan fingerprint density at radius 1 is 1.29 bits per heavy atom. The number of rotatable bonds is 1. The van der Waals surface area contributed by atoms with Crippen molar-refractivity contribution in [2.24, 2.45) is 0 Å². The van der Waals surface area contributed by atoms with Crippen molar-refractivity contribution in [3.8, 4) is 0 Å². The number of para-hydroxylation sites is 1. The Hall–Kier alpha value is -1.55. The van der Waals surface area contributed by atoms with E-state index in [4.69, 9.17) is 5.11 Å². The molecule has 0 amide bonds. The Morgan fingerprint density at radius 2 is 2.07 bits per heavy atom. The average Bonchev–Trinajstić information content (AvgIpc) is 2.18.